The molecule has 3 aromatic rings. The fraction of sp³-hybridized carbons (Fsp3) is 0. The van der Waals surface area contributed by atoms with E-state index in [1.807, 2.05) is 30.3 Å². The molecule has 0 bridgehead atoms. The molecule has 2 aromatic heterocycles. The monoisotopic (exact) mass is 298 g/mol. The van der Waals surface area contributed by atoms with Gasteiger partial charge >= 0.3 is 5.97 Å². The summed E-state index contributed by atoms with van der Waals surface area (Å²) in [5, 5.41) is 12.5. The van der Waals surface area contributed by atoms with Crippen molar-refractivity contribution in [2.75, 3.05) is 5.32 Å². The lowest BCUT2D eigenvalue weighted by Gasteiger charge is -2.02. The molecule has 0 atom stereocenters. The van der Waals surface area contributed by atoms with Gasteiger partial charge in [0.05, 0.1) is 16.8 Å². The number of hydrogen-bond donors (Lipinski definition) is 2. The number of carbonyl (C=O) groups excluding carboxylic acids is 1. The molecule has 5 nitrogen and oxygen atoms in total. The number of fused-ring (bicyclic) bond motifs is 1. The Balaban J connectivity index is 1.80. The zero-order valence-electron chi connectivity index (χ0n) is 10.7. The fourth-order valence-corrected chi connectivity index (χ4v) is 2.84. The first-order valence-electron chi connectivity index (χ1n) is 6.13. The molecule has 0 radical (unpaired) electrons. The minimum Gasteiger partial charge on any atom is -0.477 e. The lowest BCUT2D eigenvalue weighted by Crippen LogP contribution is -2.10. The van der Waals surface area contributed by atoms with Crippen LogP contribution in [0.3, 0.4) is 0 Å². The van der Waals surface area contributed by atoms with Gasteiger partial charge in [0.25, 0.3) is 5.91 Å². The van der Waals surface area contributed by atoms with Crippen molar-refractivity contribution in [1.82, 2.24) is 4.98 Å². The Hall–Kier alpha value is -2.73. The van der Waals surface area contributed by atoms with Crippen LogP contribution in [0.2, 0.25) is 0 Å². The number of carboxylic acid groups (broad SMARTS) is 1. The summed E-state index contributed by atoms with van der Waals surface area (Å²) in [4.78, 5) is 27.2. The largest absolute Gasteiger partial charge is 0.477 e. The van der Waals surface area contributed by atoms with Gasteiger partial charge < -0.3 is 10.4 Å². The lowest BCUT2D eigenvalue weighted by molar-refractivity contribution is 0.0690. The number of thiophene rings is 1. The number of nitrogens with zero attached hydrogens (tertiary/aromatic N) is 1. The first-order valence-corrected chi connectivity index (χ1v) is 6.94. The number of nitrogens with one attached hydrogen (secondary N) is 1. The highest BCUT2D eigenvalue weighted by Crippen LogP contribution is 2.25. The molecule has 2 N–H and O–H groups in total. The Morgan fingerprint density at radius 2 is 1.95 bits per heavy atom. The predicted molar refractivity (Wildman–Crippen MR) is 81.0 cm³/mol. The van der Waals surface area contributed by atoms with Crippen LogP contribution in [-0.4, -0.2) is 22.0 Å². The van der Waals surface area contributed by atoms with E-state index in [0.717, 1.165) is 10.1 Å². The summed E-state index contributed by atoms with van der Waals surface area (Å²) < 4.78 is 1.04. The van der Waals surface area contributed by atoms with Gasteiger partial charge in [-0.25, -0.2) is 9.78 Å². The van der Waals surface area contributed by atoms with E-state index in [1.54, 1.807) is 0 Å². The number of carbonyl (C=O) groups is 2. The van der Waals surface area contributed by atoms with Gasteiger partial charge in [-0.3, -0.25) is 4.79 Å². The van der Waals surface area contributed by atoms with Crippen molar-refractivity contribution in [2.45, 2.75) is 0 Å². The molecule has 0 saturated carbocycles. The summed E-state index contributed by atoms with van der Waals surface area (Å²) in [6.45, 7) is 0. The van der Waals surface area contributed by atoms with Gasteiger partial charge in [-0.05, 0) is 29.7 Å². The van der Waals surface area contributed by atoms with Crippen LogP contribution >= 0.6 is 11.3 Å². The molecule has 0 fully saturated rings. The highest BCUT2D eigenvalue weighted by Gasteiger charge is 2.11. The van der Waals surface area contributed by atoms with Gasteiger partial charge in [-0.2, -0.15) is 0 Å². The van der Waals surface area contributed by atoms with Crippen molar-refractivity contribution >= 4 is 39.0 Å². The van der Waals surface area contributed by atoms with E-state index in [1.165, 1.54) is 29.7 Å². The molecule has 1 amide bonds. The van der Waals surface area contributed by atoms with Gasteiger partial charge in [0.1, 0.15) is 5.69 Å². The van der Waals surface area contributed by atoms with E-state index >= 15 is 0 Å². The zero-order valence-corrected chi connectivity index (χ0v) is 11.6. The minimum absolute atomic E-state index is 0.0603. The highest BCUT2D eigenvalue weighted by atomic mass is 32.1. The second kappa shape index (κ2) is 5.34. The molecule has 21 heavy (non-hydrogen) atoms. The molecular formula is C15H10N2O3S. The van der Waals surface area contributed by atoms with Crippen LogP contribution in [0.25, 0.3) is 10.1 Å². The molecule has 0 unspecified atom stereocenters. The van der Waals surface area contributed by atoms with E-state index in [2.05, 4.69) is 10.3 Å². The van der Waals surface area contributed by atoms with Crippen molar-refractivity contribution in [3.63, 3.8) is 0 Å². The van der Waals surface area contributed by atoms with Gasteiger partial charge in [0.15, 0.2) is 0 Å². The number of rotatable bonds is 3. The van der Waals surface area contributed by atoms with Crippen molar-refractivity contribution in [2.24, 2.45) is 0 Å². The minimum atomic E-state index is -1.10. The maximum Gasteiger partial charge on any atom is 0.354 e. The van der Waals surface area contributed by atoms with E-state index in [4.69, 9.17) is 5.11 Å². The third-order valence-corrected chi connectivity index (χ3v) is 4.00. The first-order chi connectivity index (χ1) is 10.1. The number of benzene rings is 1. The first kappa shape index (κ1) is 13.3. The fourth-order valence-electron chi connectivity index (χ4n) is 1.88. The number of anilines is 1. The lowest BCUT2D eigenvalue weighted by atomic mass is 10.2. The number of amides is 1. The SMILES string of the molecule is O=C(O)c1ccc(NC(=O)c2cc3ccccc3s2)cn1. The molecule has 1 aromatic carbocycles. The Morgan fingerprint density at radius 3 is 2.62 bits per heavy atom. The number of hydrogen-bond acceptors (Lipinski definition) is 4. The number of aromatic carboxylic acids is 1. The van der Waals surface area contributed by atoms with Gasteiger partial charge in [-0.15, -0.1) is 11.3 Å². The van der Waals surface area contributed by atoms with Crippen molar-refractivity contribution in [1.29, 1.82) is 0 Å². The summed E-state index contributed by atoms with van der Waals surface area (Å²) in [5.74, 6) is -1.33. The Bertz CT molecular complexity index is 791. The number of carboxylic acids is 1. The quantitative estimate of drug-likeness (QED) is 0.778. The second-order valence-corrected chi connectivity index (χ2v) is 5.42. The Morgan fingerprint density at radius 1 is 1.14 bits per heavy atom. The molecule has 0 saturated heterocycles. The van der Waals surface area contributed by atoms with Gasteiger partial charge in [-0.1, -0.05) is 18.2 Å². The number of pyridine rings is 1. The molecule has 104 valence electrons. The van der Waals surface area contributed by atoms with E-state index in [0.29, 0.717) is 10.6 Å². The molecular weight excluding hydrogens is 288 g/mol. The van der Waals surface area contributed by atoms with Crippen LogP contribution in [0.5, 0.6) is 0 Å². The summed E-state index contributed by atoms with van der Waals surface area (Å²) in [6.07, 6.45) is 1.33. The highest BCUT2D eigenvalue weighted by molar-refractivity contribution is 7.20. The molecule has 3 rings (SSSR count). The summed E-state index contributed by atoms with van der Waals surface area (Å²) in [5.41, 5.74) is 0.400. The maximum atomic E-state index is 12.2. The molecule has 0 aliphatic heterocycles. The Kier molecular flexibility index (Phi) is 3.37. The predicted octanol–water partition coefficient (Wildman–Crippen LogP) is 3.25. The normalized spacial score (nSPS) is 10.5. The zero-order chi connectivity index (χ0) is 14.8. The number of aromatic nitrogens is 1. The van der Waals surface area contributed by atoms with Crippen LogP contribution < -0.4 is 5.32 Å². The molecule has 2 heterocycles. The second-order valence-electron chi connectivity index (χ2n) is 4.34. The standard InChI is InChI=1S/C15H10N2O3S/c18-14(13-7-9-3-1-2-4-12(9)21-13)17-10-5-6-11(15(19)20)16-8-10/h1-8H,(H,17,18)(H,19,20). The molecule has 0 aliphatic carbocycles. The third kappa shape index (κ3) is 2.75. The topological polar surface area (TPSA) is 79.3 Å². The van der Waals surface area contributed by atoms with Crippen LogP contribution in [0.1, 0.15) is 20.2 Å². The van der Waals surface area contributed by atoms with E-state index in [-0.39, 0.29) is 11.6 Å². The maximum absolute atomic E-state index is 12.2. The smallest absolute Gasteiger partial charge is 0.354 e. The van der Waals surface area contributed by atoms with Crippen LogP contribution in [-0.2, 0) is 0 Å². The van der Waals surface area contributed by atoms with Crippen LogP contribution in [0.15, 0.2) is 48.7 Å². The van der Waals surface area contributed by atoms with Crippen molar-refractivity contribution in [3.05, 3.63) is 59.2 Å². The summed E-state index contributed by atoms with van der Waals surface area (Å²) in [7, 11) is 0. The van der Waals surface area contributed by atoms with E-state index in [9.17, 15) is 9.59 Å². The third-order valence-electron chi connectivity index (χ3n) is 2.89. The van der Waals surface area contributed by atoms with Crippen molar-refractivity contribution in [3.8, 4) is 0 Å². The molecule has 6 heteroatoms. The van der Waals surface area contributed by atoms with Crippen LogP contribution in [0, 0.1) is 0 Å². The molecule has 0 aliphatic rings. The summed E-state index contributed by atoms with van der Waals surface area (Å²) in [6, 6.07) is 12.4. The summed E-state index contributed by atoms with van der Waals surface area (Å²) >= 11 is 1.41. The van der Waals surface area contributed by atoms with Crippen molar-refractivity contribution < 1.29 is 14.7 Å². The van der Waals surface area contributed by atoms with E-state index < -0.39 is 5.97 Å². The van der Waals surface area contributed by atoms with Gasteiger partial charge in [0, 0.05) is 4.70 Å². The van der Waals surface area contributed by atoms with Crippen LogP contribution in [0.4, 0.5) is 5.69 Å². The molecule has 0 spiro atoms. The van der Waals surface area contributed by atoms with Gasteiger partial charge in [0.2, 0.25) is 0 Å². The Labute approximate surface area is 123 Å². The average molecular weight is 298 g/mol. The average Bonchev–Trinajstić information content (AvgIpc) is 2.92.